The number of nitrogens with one attached hydrogen (secondary N) is 1. The molecule has 23 heavy (non-hydrogen) atoms. The zero-order valence-corrected chi connectivity index (χ0v) is 13.6. The molecular formula is C17H20ClN3O2. The number of carbonyl (C=O) groups is 1. The van der Waals surface area contributed by atoms with Crippen LogP contribution >= 0.6 is 11.6 Å². The minimum Gasteiger partial charge on any atom is -0.387 e. The fraction of sp³-hybridized carbons (Fsp3) is 0.412. The maximum Gasteiger partial charge on any atom is 0.240 e. The van der Waals surface area contributed by atoms with Gasteiger partial charge in [-0.1, -0.05) is 35.9 Å². The molecule has 2 aliphatic rings. The number of hydrogen-bond acceptors (Lipinski definition) is 4. The Morgan fingerprint density at radius 2 is 2.13 bits per heavy atom. The highest BCUT2D eigenvalue weighted by Crippen LogP contribution is 2.24. The molecule has 1 atom stereocenters. The minimum absolute atomic E-state index is 0.0188. The Bertz CT molecular complexity index is 657. The largest absolute Gasteiger partial charge is 0.387 e. The summed E-state index contributed by atoms with van der Waals surface area (Å²) in [5.41, 5.74) is 5.49. The first kappa shape index (κ1) is 16.2. The van der Waals surface area contributed by atoms with Crippen LogP contribution in [0.25, 0.3) is 0 Å². The number of carbonyl (C=O) groups excluding carboxylic acids is 1. The molecule has 3 rings (SSSR count). The van der Waals surface area contributed by atoms with Crippen molar-refractivity contribution < 1.29 is 9.90 Å². The van der Waals surface area contributed by atoms with Gasteiger partial charge in [0, 0.05) is 43.1 Å². The number of halogens is 1. The quantitative estimate of drug-likeness (QED) is 0.888. The van der Waals surface area contributed by atoms with Gasteiger partial charge in [0.2, 0.25) is 5.91 Å². The van der Waals surface area contributed by atoms with E-state index in [4.69, 9.17) is 11.6 Å². The van der Waals surface area contributed by atoms with E-state index in [2.05, 4.69) is 21.5 Å². The van der Waals surface area contributed by atoms with Gasteiger partial charge in [-0.15, -0.1) is 0 Å². The van der Waals surface area contributed by atoms with Crippen LogP contribution in [-0.4, -0.2) is 41.3 Å². The molecule has 0 saturated heterocycles. The molecule has 0 aromatic heterocycles. The van der Waals surface area contributed by atoms with Crippen LogP contribution in [0.1, 0.15) is 30.9 Å². The Morgan fingerprint density at radius 3 is 2.78 bits per heavy atom. The number of hydrogen-bond donors (Lipinski definition) is 2. The van der Waals surface area contributed by atoms with E-state index in [1.807, 2.05) is 18.2 Å². The van der Waals surface area contributed by atoms with Crippen LogP contribution in [0.15, 0.2) is 41.0 Å². The van der Waals surface area contributed by atoms with Crippen molar-refractivity contribution in [1.29, 1.82) is 0 Å². The van der Waals surface area contributed by atoms with Crippen molar-refractivity contribution in [3.8, 4) is 0 Å². The third kappa shape index (κ3) is 3.99. The summed E-state index contributed by atoms with van der Waals surface area (Å²) in [4.78, 5) is 13.3. The van der Waals surface area contributed by atoms with Crippen LogP contribution in [0, 0.1) is 0 Å². The number of benzene rings is 1. The Labute approximate surface area is 140 Å². The summed E-state index contributed by atoms with van der Waals surface area (Å²) >= 11 is 6.13. The Balaban J connectivity index is 1.58. The first-order chi connectivity index (χ1) is 11.1. The normalized spacial score (nSPS) is 20.5. The van der Waals surface area contributed by atoms with Crippen molar-refractivity contribution in [2.24, 2.45) is 5.10 Å². The van der Waals surface area contributed by atoms with E-state index in [9.17, 15) is 9.90 Å². The highest BCUT2D eigenvalue weighted by molar-refractivity contribution is 6.31. The molecule has 0 spiro atoms. The minimum atomic E-state index is -0.593. The van der Waals surface area contributed by atoms with Gasteiger partial charge in [0.25, 0.3) is 0 Å². The van der Waals surface area contributed by atoms with Crippen LogP contribution < -0.4 is 5.43 Å². The number of nitrogens with zero attached hydrogens (tertiary/aromatic N) is 2. The molecule has 2 heterocycles. The molecule has 1 amide bonds. The molecule has 1 unspecified atom stereocenters. The maximum atomic E-state index is 11.1. The first-order valence-corrected chi connectivity index (χ1v) is 8.21. The van der Waals surface area contributed by atoms with Crippen LogP contribution in [0.4, 0.5) is 0 Å². The topological polar surface area (TPSA) is 64.9 Å². The van der Waals surface area contributed by atoms with Crippen LogP contribution in [0.5, 0.6) is 0 Å². The van der Waals surface area contributed by atoms with Crippen molar-refractivity contribution in [3.63, 3.8) is 0 Å². The molecule has 0 radical (unpaired) electrons. The highest BCUT2D eigenvalue weighted by atomic mass is 35.5. The summed E-state index contributed by atoms with van der Waals surface area (Å²) in [5, 5.41) is 15.1. The van der Waals surface area contributed by atoms with Crippen molar-refractivity contribution in [2.45, 2.75) is 25.4 Å². The molecule has 1 aromatic carbocycles. The molecule has 122 valence electrons. The van der Waals surface area contributed by atoms with Gasteiger partial charge in [-0.05, 0) is 18.1 Å². The molecular weight excluding hydrogens is 314 g/mol. The van der Waals surface area contributed by atoms with Crippen molar-refractivity contribution in [2.75, 3.05) is 19.6 Å². The molecule has 2 aliphatic heterocycles. The molecule has 5 nitrogen and oxygen atoms in total. The number of β-amino-alcohol motifs (C(OH)–C–C–N with tert-alkyl or cyclic N) is 1. The smallest absolute Gasteiger partial charge is 0.240 e. The zero-order chi connectivity index (χ0) is 16.2. The lowest BCUT2D eigenvalue weighted by Crippen LogP contribution is -2.35. The van der Waals surface area contributed by atoms with Crippen molar-refractivity contribution in [1.82, 2.24) is 10.3 Å². The molecule has 6 heteroatoms. The van der Waals surface area contributed by atoms with Gasteiger partial charge >= 0.3 is 0 Å². The van der Waals surface area contributed by atoms with Crippen molar-refractivity contribution >= 4 is 23.2 Å². The summed E-state index contributed by atoms with van der Waals surface area (Å²) in [5.74, 6) is -0.0188. The SMILES string of the molecule is O=C1CCC(C2=CCN(CC(O)c3ccccc3Cl)CC2)=NN1. The van der Waals surface area contributed by atoms with E-state index in [-0.39, 0.29) is 5.91 Å². The lowest BCUT2D eigenvalue weighted by atomic mass is 9.98. The summed E-state index contributed by atoms with van der Waals surface area (Å²) in [6.45, 7) is 2.18. The number of amides is 1. The van der Waals surface area contributed by atoms with Gasteiger partial charge in [0.1, 0.15) is 0 Å². The first-order valence-electron chi connectivity index (χ1n) is 7.83. The van der Waals surface area contributed by atoms with Crippen molar-refractivity contribution in [3.05, 3.63) is 46.5 Å². The summed E-state index contributed by atoms with van der Waals surface area (Å²) in [7, 11) is 0. The molecule has 0 bridgehead atoms. The summed E-state index contributed by atoms with van der Waals surface area (Å²) in [6.07, 6.45) is 3.64. The Morgan fingerprint density at radius 1 is 1.30 bits per heavy atom. The lowest BCUT2D eigenvalue weighted by Gasteiger charge is -2.29. The van der Waals surface area contributed by atoms with Gasteiger partial charge in [0.15, 0.2) is 0 Å². The third-order valence-corrected chi connectivity index (χ3v) is 4.61. The predicted octanol–water partition coefficient (Wildman–Crippen LogP) is 2.27. The monoisotopic (exact) mass is 333 g/mol. The number of aliphatic hydroxyl groups is 1. The number of aliphatic hydroxyl groups excluding tert-OH is 1. The Hall–Kier alpha value is -1.69. The summed E-state index contributed by atoms with van der Waals surface area (Å²) in [6, 6.07) is 7.40. The molecule has 2 N–H and O–H groups in total. The average molecular weight is 334 g/mol. The van der Waals surface area contributed by atoms with Crippen LogP contribution in [0.3, 0.4) is 0 Å². The second kappa shape index (κ2) is 7.25. The van der Waals surface area contributed by atoms with Gasteiger partial charge in [0.05, 0.1) is 11.8 Å². The van der Waals surface area contributed by atoms with Gasteiger partial charge < -0.3 is 5.11 Å². The van der Waals surface area contributed by atoms with E-state index in [1.165, 1.54) is 5.57 Å². The maximum absolute atomic E-state index is 11.1. The third-order valence-electron chi connectivity index (χ3n) is 4.26. The van der Waals surface area contributed by atoms with Gasteiger partial charge in [-0.3, -0.25) is 9.69 Å². The molecule has 1 aromatic rings. The van der Waals surface area contributed by atoms with E-state index in [0.717, 1.165) is 30.8 Å². The van der Waals surface area contributed by atoms with E-state index >= 15 is 0 Å². The van der Waals surface area contributed by atoms with E-state index < -0.39 is 6.10 Å². The standard InChI is InChI=1S/C17H20ClN3O2/c18-14-4-2-1-3-13(14)16(22)11-21-9-7-12(8-10-21)15-5-6-17(23)20-19-15/h1-4,7,16,22H,5-6,8-11H2,(H,20,23). The highest BCUT2D eigenvalue weighted by Gasteiger charge is 2.21. The fourth-order valence-corrected chi connectivity index (χ4v) is 3.19. The van der Waals surface area contributed by atoms with E-state index in [0.29, 0.717) is 24.4 Å². The number of rotatable bonds is 4. The van der Waals surface area contributed by atoms with E-state index in [1.54, 1.807) is 6.07 Å². The fourth-order valence-electron chi connectivity index (χ4n) is 2.93. The van der Waals surface area contributed by atoms with Crippen LogP contribution in [-0.2, 0) is 4.79 Å². The Kier molecular flexibility index (Phi) is 5.10. The second-order valence-electron chi connectivity index (χ2n) is 5.87. The lowest BCUT2D eigenvalue weighted by molar-refractivity contribution is -0.121. The van der Waals surface area contributed by atoms with Gasteiger partial charge in [-0.2, -0.15) is 5.10 Å². The molecule has 0 fully saturated rings. The predicted molar refractivity (Wildman–Crippen MR) is 90.4 cm³/mol. The average Bonchev–Trinajstić information content (AvgIpc) is 2.57. The van der Waals surface area contributed by atoms with Crippen LogP contribution in [0.2, 0.25) is 5.02 Å². The molecule has 0 saturated carbocycles. The zero-order valence-electron chi connectivity index (χ0n) is 12.8. The van der Waals surface area contributed by atoms with Gasteiger partial charge in [-0.25, -0.2) is 5.43 Å². The summed E-state index contributed by atoms with van der Waals surface area (Å²) < 4.78 is 0. The second-order valence-corrected chi connectivity index (χ2v) is 6.28. The molecule has 0 aliphatic carbocycles. The number of hydrazone groups is 1.